The van der Waals surface area contributed by atoms with E-state index in [1.165, 1.54) is 16.9 Å². The molecular weight excluding hydrogens is 359 g/mol. The molecule has 1 heterocycles. The quantitative estimate of drug-likeness (QED) is 0.878. The fraction of sp³-hybridized carbons (Fsp3) is 0.444. The van der Waals surface area contributed by atoms with Crippen LogP contribution in [0.15, 0.2) is 24.4 Å². The Balaban J connectivity index is 2.31. The maximum Gasteiger partial charge on any atom is 0.417 e. The highest BCUT2D eigenvalue weighted by atomic mass is 19.4. The predicted molar refractivity (Wildman–Crippen MR) is 92.8 cm³/mol. The molecule has 6 nitrogen and oxygen atoms in total. The first-order valence-corrected chi connectivity index (χ1v) is 8.13. The first-order chi connectivity index (χ1) is 12.3. The van der Waals surface area contributed by atoms with Gasteiger partial charge in [-0.2, -0.15) is 33.4 Å². The van der Waals surface area contributed by atoms with Crippen molar-refractivity contribution in [2.24, 2.45) is 0 Å². The minimum absolute atomic E-state index is 0.0670. The van der Waals surface area contributed by atoms with Gasteiger partial charge in [-0.15, -0.1) is 0 Å². The summed E-state index contributed by atoms with van der Waals surface area (Å²) in [6.07, 6.45) is -3.15. The van der Waals surface area contributed by atoms with Gasteiger partial charge in [-0.25, -0.2) is 0 Å². The number of halogens is 3. The van der Waals surface area contributed by atoms with E-state index in [2.05, 4.69) is 15.5 Å². The Morgan fingerprint density at radius 3 is 2.30 bits per heavy atom. The third kappa shape index (κ3) is 4.27. The minimum atomic E-state index is -4.70. The van der Waals surface area contributed by atoms with Gasteiger partial charge in [-0.1, -0.05) is 20.8 Å². The molecule has 0 aliphatic heterocycles. The Hall–Kier alpha value is -2.89. The molecule has 0 saturated carbocycles. The number of hydrogen-bond donors (Lipinski definition) is 1. The van der Waals surface area contributed by atoms with Crippen LogP contribution in [0.1, 0.15) is 51.4 Å². The molecule has 0 spiro atoms. The largest absolute Gasteiger partial charge is 0.417 e. The van der Waals surface area contributed by atoms with Crippen LogP contribution in [0.5, 0.6) is 0 Å². The van der Waals surface area contributed by atoms with Crippen LogP contribution in [0, 0.1) is 11.3 Å². The molecular formula is C18H20F3N5O. The van der Waals surface area contributed by atoms with Crippen molar-refractivity contribution in [1.29, 1.82) is 5.26 Å². The normalized spacial score (nSPS) is 12.6. The highest BCUT2D eigenvalue weighted by Crippen LogP contribution is 2.34. The van der Waals surface area contributed by atoms with Crippen molar-refractivity contribution < 1.29 is 18.0 Å². The first kappa shape index (κ1) is 20.4. The zero-order chi connectivity index (χ0) is 20.6. The van der Waals surface area contributed by atoms with E-state index >= 15 is 0 Å². The Labute approximate surface area is 155 Å². The van der Waals surface area contributed by atoms with Gasteiger partial charge < -0.3 is 5.32 Å². The van der Waals surface area contributed by atoms with Gasteiger partial charge in [0.15, 0.2) is 5.54 Å². The Morgan fingerprint density at radius 1 is 1.19 bits per heavy atom. The summed E-state index contributed by atoms with van der Waals surface area (Å²) in [5, 5.41) is 19.7. The number of carbonyl (C=O) groups excluding carboxylic acids is 1. The van der Waals surface area contributed by atoms with Gasteiger partial charge in [0.25, 0.3) is 5.91 Å². The first-order valence-electron chi connectivity index (χ1n) is 8.13. The lowest BCUT2D eigenvalue weighted by Crippen LogP contribution is -2.42. The third-order valence-corrected chi connectivity index (χ3v) is 4.02. The number of rotatable bonds is 3. The van der Waals surface area contributed by atoms with Gasteiger partial charge in [0.1, 0.15) is 0 Å². The summed E-state index contributed by atoms with van der Waals surface area (Å²) in [6.45, 7) is 8.96. The molecule has 0 bridgehead atoms. The number of amides is 1. The summed E-state index contributed by atoms with van der Waals surface area (Å²) < 4.78 is 39.2. The van der Waals surface area contributed by atoms with E-state index in [4.69, 9.17) is 5.26 Å². The topological polar surface area (TPSA) is 83.6 Å². The second-order valence-corrected chi connectivity index (χ2v) is 7.65. The van der Waals surface area contributed by atoms with Crippen LogP contribution in [-0.2, 0) is 21.9 Å². The number of nitrogens with zero attached hydrogens (tertiary/aromatic N) is 4. The standard InChI is InChI=1S/C18H20F3N5O/c1-16(2,3)14-10-23-26(25-14)17(4,5)15(27)24-12-7-6-11(9-22)13(8-12)18(19,20)21/h6-8,10H,1-5H3,(H,24,27). The summed E-state index contributed by atoms with van der Waals surface area (Å²) in [5.41, 5.74) is -2.50. The summed E-state index contributed by atoms with van der Waals surface area (Å²) in [4.78, 5) is 13.9. The summed E-state index contributed by atoms with van der Waals surface area (Å²) in [6, 6.07) is 4.51. The van der Waals surface area contributed by atoms with Crippen molar-refractivity contribution >= 4 is 11.6 Å². The fourth-order valence-corrected chi connectivity index (χ4v) is 2.20. The molecule has 2 aromatic rings. The zero-order valence-electron chi connectivity index (χ0n) is 15.6. The second-order valence-electron chi connectivity index (χ2n) is 7.65. The molecule has 1 amide bonds. The zero-order valence-corrected chi connectivity index (χ0v) is 15.6. The highest BCUT2D eigenvalue weighted by molar-refractivity contribution is 5.96. The van der Waals surface area contributed by atoms with E-state index in [0.717, 1.165) is 12.1 Å². The van der Waals surface area contributed by atoms with Crippen molar-refractivity contribution in [3.63, 3.8) is 0 Å². The molecule has 0 aliphatic rings. The molecule has 0 saturated heterocycles. The van der Waals surface area contributed by atoms with Crippen LogP contribution in [-0.4, -0.2) is 20.9 Å². The van der Waals surface area contributed by atoms with E-state index in [9.17, 15) is 18.0 Å². The number of hydrogen-bond acceptors (Lipinski definition) is 4. The van der Waals surface area contributed by atoms with Crippen molar-refractivity contribution in [3.8, 4) is 6.07 Å². The maximum atomic E-state index is 13.1. The van der Waals surface area contributed by atoms with Crippen molar-refractivity contribution in [1.82, 2.24) is 15.0 Å². The Bertz CT molecular complexity index is 901. The van der Waals surface area contributed by atoms with Gasteiger partial charge in [0.2, 0.25) is 0 Å². The Morgan fingerprint density at radius 2 is 1.81 bits per heavy atom. The molecule has 0 unspecified atom stereocenters. The summed E-state index contributed by atoms with van der Waals surface area (Å²) in [5.74, 6) is -0.587. The SMILES string of the molecule is CC(C)(C)c1cnn(C(C)(C)C(=O)Nc2ccc(C#N)c(C(F)(F)F)c2)n1. The van der Waals surface area contributed by atoms with Crippen LogP contribution in [0.3, 0.4) is 0 Å². The molecule has 9 heteroatoms. The molecule has 0 fully saturated rings. The maximum absolute atomic E-state index is 13.1. The van der Waals surface area contributed by atoms with Crippen molar-refractivity contribution in [2.75, 3.05) is 5.32 Å². The van der Waals surface area contributed by atoms with E-state index in [1.54, 1.807) is 20.0 Å². The molecule has 1 aromatic heterocycles. The minimum Gasteiger partial charge on any atom is -0.324 e. The summed E-state index contributed by atoms with van der Waals surface area (Å²) in [7, 11) is 0. The van der Waals surface area contributed by atoms with Crippen LogP contribution >= 0.6 is 0 Å². The second kappa shape index (κ2) is 6.68. The van der Waals surface area contributed by atoms with Gasteiger partial charge in [0.05, 0.1) is 29.1 Å². The van der Waals surface area contributed by atoms with Gasteiger partial charge in [-0.05, 0) is 32.0 Å². The number of nitriles is 1. The molecule has 27 heavy (non-hydrogen) atoms. The summed E-state index contributed by atoms with van der Waals surface area (Å²) >= 11 is 0. The van der Waals surface area contributed by atoms with E-state index in [0.29, 0.717) is 5.69 Å². The molecule has 1 aromatic carbocycles. The average Bonchev–Trinajstić information content (AvgIpc) is 3.05. The predicted octanol–water partition coefficient (Wildman–Crippen LogP) is 3.84. The number of carbonyl (C=O) groups is 1. The molecule has 144 valence electrons. The van der Waals surface area contributed by atoms with Gasteiger partial charge in [-0.3, -0.25) is 4.79 Å². The number of alkyl halides is 3. The van der Waals surface area contributed by atoms with E-state index in [1.807, 2.05) is 20.8 Å². The number of nitrogens with one attached hydrogen (secondary N) is 1. The van der Waals surface area contributed by atoms with Crippen LogP contribution < -0.4 is 5.32 Å². The van der Waals surface area contributed by atoms with Gasteiger partial charge >= 0.3 is 6.18 Å². The lowest BCUT2D eigenvalue weighted by molar-refractivity contribution is -0.137. The molecule has 0 radical (unpaired) electrons. The molecule has 0 aliphatic carbocycles. The molecule has 1 N–H and O–H groups in total. The number of aromatic nitrogens is 3. The van der Waals surface area contributed by atoms with Crippen LogP contribution in [0.25, 0.3) is 0 Å². The smallest absolute Gasteiger partial charge is 0.324 e. The monoisotopic (exact) mass is 379 g/mol. The number of benzene rings is 1. The lowest BCUT2D eigenvalue weighted by atomic mass is 9.93. The third-order valence-electron chi connectivity index (χ3n) is 4.02. The van der Waals surface area contributed by atoms with E-state index < -0.39 is 28.7 Å². The molecule has 2 rings (SSSR count). The fourth-order valence-electron chi connectivity index (χ4n) is 2.20. The number of anilines is 1. The van der Waals surface area contributed by atoms with Crippen LogP contribution in [0.4, 0.5) is 18.9 Å². The lowest BCUT2D eigenvalue weighted by Gasteiger charge is -2.23. The van der Waals surface area contributed by atoms with Gasteiger partial charge in [0, 0.05) is 11.1 Å². The highest BCUT2D eigenvalue weighted by Gasteiger charge is 2.36. The Kier molecular flexibility index (Phi) is 5.06. The van der Waals surface area contributed by atoms with Crippen molar-refractivity contribution in [2.45, 2.75) is 51.7 Å². The van der Waals surface area contributed by atoms with E-state index in [-0.39, 0.29) is 11.1 Å². The van der Waals surface area contributed by atoms with Crippen LogP contribution in [0.2, 0.25) is 0 Å². The van der Waals surface area contributed by atoms with Crippen molar-refractivity contribution in [3.05, 3.63) is 41.2 Å². The molecule has 0 atom stereocenters. The average molecular weight is 379 g/mol.